The minimum atomic E-state index is -4.22. The number of carbonyl (C=O) groups excluding carboxylic acids is 1. The standard InChI is InChI=1S/C23H31FN3O8P/c1-14-12-27(22(30)25-20(14)28)19-11-17(24)18(33-19)13-32-36(31,35-16-9-7-6-8-10-16)26-15(2)21(29)34-23(3,4)5/h6-10,12,15,17-19H,11,13H2,1-5H3,(H,26,31)(H,25,28,30)/t15-,17-,18+,19+,36?/m0/s1. The maximum absolute atomic E-state index is 14.8. The van der Waals surface area contributed by atoms with Crippen LogP contribution in [0.1, 0.15) is 45.9 Å². The van der Waals surface area contributed by atoms with Crippen molar-refractivity contribution in [3.05, 3.63) is 62.9 Å². The quantitative estimate of drug-likeness (QED) is 0.372. The van der Waals surface area contributed by atoms with Gasteiger partial charge in [-0.3, -0.25) is 23.7 Å². The zero-order valence-corrected chi connectivity index (χ0v) is 21.6. The second kappa shape index (κ2) is 11.1. The highest BCUT2D eigenvalue weighted by Gasteiger charge is 2.40. The SMILES string of the molecule is Cc1cn([C@H]2C[C@H](F)[C@@H](COP(=O)(N[C@@H](C)C(=O)OC(C)(C)C)Oc3ccccc3)O2)c(=O)[nH]c1=O. The van der Waals surface area contributed by atoms with E-state index in [2.05, 4.69) is 10.1 Å². The van der Waals surface area contributed by atoms with Crippen molar-refractivity contribution in [1.82, 2.24) is 14.6 Å². The molecule has 36 heavy (non-hydrogen) atoms. The Morgan fingerprint density at radius 1 is 1.31 bits per heavy atom. The molecule has 2 N–H and O–H groups in total. The number of para-hydroxylation sites is 1. The highest BCUT2D eigenvalue weighted by Crippen LogP contribution is 2.46. The van der Waals surface area contributed by atoms with Gasteiger partial charge in [-0.2, -0.15) is 5.09 Å². The molecule has 1 aliphatic heterocycles. The van der Waals surface area contributed by atoms with E-state index < -0.39 is 61.7 Å². The fourth-order valence-corrected chi connectivity index (χ4v) is 4.87. The van der Waals surface area contributed by atoms with Crippen LogP contribution in [0.3, 0.4) is 0 Å². The first-order valence-electron chi connectivity index (χ1n) is 11.4. The molecule has 0 spiro atoms. The average molecular weight is 527 g/mol. The van der Waals surface area contributed by atoms with Crippen molar-refractivity contribution < 1.29 is 32.3 Å². The highest BCUT2D eigenvalue weighted by atomic mass is 31.2. The number of carbonyl (C=O) groups is 1. The van der Waals surface area contributed by atoms with E-state index >= 15 is 0 Å². The fourth-order valence-electron chi connectivity index (χ4n) is 3.37. The van der Waals surface area contributed by atoms with E-state index in [9.17, 15) is 23.3 Å². The minimum Gasteiger partial charge on any atom is -0.459 e. The Hall–Kier alpha value is -2.79. The number of halogens is 1. The summed E-state index contributed by atoms with van der Waals surface area (Å²) in [6, 6.07) is 7.05. The molecule has 13 heteroatoms. The van der Waals surface area contributed by atoms with Crippen molar-refractivity contribution in [3.63, 3.8) is 0 Å². The van der Waals surface area contributed by atoms with Gasteiger partial charge < -0.3 is 14.0 Å². The van der Waals surface area contributed by atoms with Crippen molar-refractivity contribution in [2.75, 3.05) is 6.61 Å². The van der Waals surface area contributed by atoms with Crippen LogP contribution in [0.25, 0.3) is 0 Å². The lowest BCUT2D eigenvalue weighted by Crippen LogP contribution is -2.39. The van der Waals surface area contributed by atoms with Crippen LogP contribution >= 0.6 is 7.75 Å². The smallest absolute Gasteiger partial charge is 0.459 e. The van der Waals surface area contributed by atoms with Crippen LogP contribution < -0.4 is 20.9 Å². The Morgan fingerprint density at radius 3 is 2.61 bits per heavy atom. The number of benzene rings is 1. The predicted octanol–water partition coefficient (Wildman–Crippen LogP) is 2.99. The number of alkyl halides is 1. The fraction of sp³-hybridized carbons (Fsp3) is 0.522. The molecule has 1 aromatic carbocycles. The molecule has 1 unspecified atom stereocenters. The van der Waals surface area contributed by atoms with Crippen molar-refractivity contribution in [2.45, 2.75) is 71.2 Å². The van der Waals surface area contributed by atoms with Crippen LogP contribution in [0, 0.1) is 6.92 Å². The first kappa shape index (κ1) is 27.8. The van der Waals surface area contributed by atoms with Gasteiger partial charge >= 0.3 is 19.4 Å². The van der Waals surface area contributed by atoms with Crippen LogP contribution in [-0.2, 0) is 23.4 Å². The Morgan fingerprint density at radius 2 is 1.97 bits per heavy atom. The monoisotopic (exact) mass is 527 g/mol. The van der Waals surface area contributed by atoms with Crippen LogP contribution in [0.15, 0.2) is 46.1 Å². The van der Waals surface area contributed by atoms with Crippen molar-refractivity contribution in [1.29, 1.82) is 0 Å². The van der Waals surface area contributed by atoms with Gasteiger partial charge in [-0.05, 0) is 46.8 Å². The third kappa shape index (κ3) is 7.36. The largest absolute Gasteiger partial charge is 0.459 e. The summed E-state index contributed by atoms with van der Waals surface area (Å²) in [5, 5.41) is 2.53. The maximum atomic E-state index is 14.8. The summed E-state index contributed by atoms with van der Waals surface area (Å²) in [4.78, 5) is 38.3. The summed E-state index contributed by atoms with van der Waals surface area (Å²) < 4.78 is 51.5. The number of nitrogens with one attached hydrogen (secondary N) is 2. The lowest BCUT2D eigenvalue weighted by atomic mass is 10.2. The molecule has 198 valence electrons. The van der Waals surface area contributed by atoms with Gasteiger partial charge in [-0.1, -0.05) is 18.2 Å². The van der Waals surface area contributed by atoms with Crippen LogP contribution in [-0.4, -0.2) is 46.0 Å². The van der Waals surface area contributed by atoms with Crippen molar-refractivity contribution >= 4 is 13.7 Å². The van der Waals surface area contributed by atoms with Crippen LogP contribution in [0.4, 0.5) is 4.39 Å². The number of aromatic amines is 1. The van der Waals surface area contributed by atoms with Crippen LogP contribution in [0.5, 0.6) is 5.75 Å². The molecule has 2 heterocycles. The van der Waals surface area contributed by atoms with Gasteiger partial charge in [-0.25, -0.2) is 13.8 Å². The van der Waals surface area contributed by atoms with E-state index in [1.807, 2.05) is 0 Å². The highest BCUT2D eigenvalue weighted by molar-refractivity contribution is 7.52. The Bertz CT molecular complexity index is 1230. The molecule has 11 nitrogen and oxygen atoms in total. The summed E-state index contributed by atoms with van der Waals surface area (Å²) in [7, 11) is -4.22. The molecule has 2 aromatic rings. The minimum absolute atomic E-state index is 0.189. The molecular formula is C23H31FN3O8P. The van der Waals surface area contributed by atoms with Gasteiger partial charge in [0.1, 0.15) is 35.9 Å². The van der Waals surface area contributed by atoms with Crippen molar-refractivity contribution in [3.8, 4) is 5.75 Å². The molecule has 0 amide bonds. The number of nitrogens with zero attached hydrogens (tertiary/aromatic N) is 1. The first-order chi connectivity index (χ1) is 16.8. The number of esters is 1. The number of H-pyrrole nitrogens is 1. The van der Waals surface area contributed by atoms with E-state index in [0.29, 0.717) is 0 Å². The molecular weight excluding hydrogens is 496 g/mol. The zero-order valence-electron chi connectivity index (χ0n) is 20.7. The lowest BCUT2D eigenvalue weighted by Gasteiger charge is -2.26. The molecule has 0 bridgehead atoms. The van der Waals surface area contributed by atoms with E-state index in [1.165, 1.54) is 20.0 Å². The third-order valence-electron chi connectivity index (χ3n) is 5.11. The summed E-state index contributed by atoms with van der Waals surface area (Å²) in [5.74, 6) is -0.488. The molecule has 0 aliphatic carbocycles. The average Bonchev–Trinajstić information content (AvgIpc) is 3.14. The third-order valence-corrected chi connectivity index (χ3v) is 6.75. The lowest BCUT2D eigenvalue weighted by molar-refractivity contribution is -0.156. The number of hydrogen-bond acceptors (Lipinski definition) is 8. The topological polar surface area (TPSA) is 138 Å². The van der Waals surface area contributed by atoms with Gasteiger partial charge in [0, 0.05) is 18.2 Å². The Kier molecular flexibility index (Phi) is 8.55. The van der Waals surface area contributed by atoms with Crippen molar-refractivity contribution in [2.24, 2.45) is 0 Å². The van der Waals surface area contributed by atoms with Crippen LogP contribution in [0.2, 0.25) is 0 Å². The number of aryl methyl sites for hydroxylation is 1. The Labute approximate surface area is 207 Å². The van der Waals surface area contributed by atoms with Gasteiger partial charge in [0.05, 0.1) is 6.61 Å². The Balaban J connectivity index is 1.74. The van der Waals surface area contributed by atoms with E-state index in [4.69, 9.17) is 18.5 Å². The molecule has 1 saturated heterocycles. The molecule has 1 aliphatic rings. The summed E-state index contributed by atoms with van der Waals surface area (Å²) in [6.45, 7) is 7.51. The van der Waals surface area contributed by atoms with E-state index in [1.54, 1.807) is 51.1 Å². The number of aromatic nitrogens is 2. The number of hydrogen-bond donors (Lipinski definition) is 2. The van der Waals surface area contributed by atoms with Gasteiger partial charge in [0.15, 0.2) is 0 Å². The second-order valence-electron chi connectivity index (χ2n) is 9.44. The number of ether oxygens (including phenoxy) is 2. The summed E-state index contributed by atoms with van der Waals surface area (Å²) in [6.07, 6.45) is -2.66. The molecule has 0 saturated carbocycles. The van der Waals surface area contributed by atoms with E-state index in [0.717, 1.165) is 4.57 Å². The molecule has 0 radical (unpaired) electrons. The predicted molar refractivity (Wildman–Crippen MR) is 129 cm³/mol. The van der Waals surface area contributed by atoms with Gasteiger partial charge in [-0.15, -0.1) is 0 Å². The maximum Gasteiger partial charge on any atom is 0.459 e. The first-order valence-corrected chi connectivity index (χ1v) is 12.9. The summed E-state index contributed by atoms with van der Waals surface area (Å²) >= 11 is 0. The van der Waals surface area contributed by atoms with Gasteiger partial charge in [0.25, 0.3) is 5.56 Å². The molecule has 3 rings (SSSR count). The zero-order chi connectivity index (χ0) is 26.7. The molecule has 5 atom stereocenters. The molecule has 1 aromatic heterocycles. The number of rotatable bonds is 9. The normalized spacial score (nSPS) is 22.6. The van der Waals surface area contributed by atoms with E-state index in [-0.39, 0.29) is 17.7 Å². The summed E-state index contributed by atoms with van der Waals surface area (Å²) in [5.41, 5.74) is -1.80. The second-order valence-corrected chi connectivity index (χ2v) is 11.1. The molecule has 1 fully saturated rings. The van der Waals surface area contributed by atoms with Gasteiger partial charge in [0.2, 0.25) is 0 Å².